The van der Waals surface area contributed by atoms with Gasteiger partial charge in [-0.05, 0) is 12.3 Å². The number of rotatable bonds is 6. The summed E-state index contributed by atoms with van der Waals surface area (Å²) in [5.41, 5.74) is 5.79. The zero-order valence-electron chi connectivity index (χ0n) is 10.2. The molecule has 104 valence electrons. The number of ether oxygens (including phenoxy) is 1. The Kier molecular flexibility index (Phi) is 5.09. The molecule has 0 spiro atoms. The molecule has 0 saturated heterocycles. The molecule has 0 bridgehead atoms. The van der Waals surface area contributed by atoms with Gasteiger partial charge in [-0.15, -0.1) is 0 Å². The van der Waals surface area contributed by atoms with Crippen LogP contribution >= 0.6 is 0 Å². The van der Waals surface area contributed by atoms with Gasteiger partial charge in [0.2, 0.25) is 5.89 Å². The Morgan fingerprint density at radius 3 is 2.61 bits per heavy atom. The van der Waals surface area contributed by atoms with Gasteiger partial charge in [0.15, 0.2) is 5.82 Å². The summed E-state index contributed by atoms with van der Waals surface area (Å²) in [6.07, 6.45) is -3.70. The van der Waals surface area contributed by atoms with Crippen LogP contribution in [0.5, 0.6) is 0 Å². The molecule has 0 amide bonds. The standard InChI is InChI=1S/C10H16F3N3O2/c1-6(2)3-7(14)9-15-8(16-18-9)4-17-5-10(11,12)13/h6-7H,3-5,14H2,1-2H3/t7-/m1/s1. The van der Waals surface area contributed by atoms with E-state index in [9.17, 15) is 13.2 Å². The lowest BCUT2D eigenvalue weighted by Crippen LogP contribution is -2.17. The molecule has 0 saturated carbocycles. The van der Waals surface area contributed by atoms with E-state index >= 15 is 0 Å². The van der Waals surface area contributed by atoms with Crippen LogP contribution in [0.25, 0.3) is 0 Å². The third-order valence-electron chi connectivity index (χ3n) is 2.02. The highest BCUT2D eigenvalue weighted by Crippen LogP contribution is 2.18. The van der Waals surface area contributed by atoms with Crippen molar-refractivity contribution in [3.05, 3.63) is 11.7 Å². The number of nitrogens with two attached hydrogens (primary N) is 1. The first-order valence-electron chi connectivity index (χ1n) is 5.50. The van der Waals surface area contributed by atoms with Crippen molar-refractivity contribution >= 4 is 0 Å². The van der Waals surface area contributed by atoms with Crippen LogP contribution in [0.15, 0.2) is 4.52 Å². The monoisotopic (exact) mass is 267 g/mol. The van der Waals surface area contributed by atoms with E-state index in [0.717, 1.165) is 0 Å². The fraction of sp³-hybridized carbons (Fsp3) is 0.800. The van der Waals surface area contributed by atoms with Crippen molar-refractivity contribution in [2.24, 2.45) is 11.7 Å². The van der Waals surface area contributed by atoms with Crippen LogP contribution in [0.4, 0.5) is 13.2 Å². The highest BCUT2D eigenvalue weighted by Gasteiger charge is 2.27. The number of halogens is 3. The SMILES string of the molecule is CC(C)C[C@@H](N)c1nc(COCC(F)(F)F)no1. The largest absolute Gasteiger partial charge is 0.411 e. The van der Waals surface area contributed by atoms with Crippen LogP contribution in [-0.2, 0) is 11.3 Å². The summed E-state index contributed by atoms with van der Waals surface area (Å²) in [6, 6.07) is -0.408. The molecular formula is C10H16F3N3O2. The van der Waals surface area contributed by atoms with Crippen molar-refractivity contribution < 1.29 is 22.4 Å². The molecule has 18 heavy (non-hydrogen) atoms. The van der Waals surface area contributed by atoms with E-state index in [2.05, 4.69) is 14.9 Å². The molecule has 1 atom stereocenters. The van der Waals surface area contributed by atoms with Gasteiger partial charge in [-0.2, -0.15) is 18.2 Å². The quantitative estimate of drug-likeness (QED) is 0.855. The lowest BCUT2D eigenvalue weighted by Gasteiger charge is -2.08. The third kappa shape index (κ3) is 5.46. The van der Waals surface area contributed by atoms with Crippen molar-refractivity contribution in [1.29, 1.82) is 0 Å². The normalized spacial score (nSPS) is 14.2. The van der Waals surface area contributed by atoms with Crippen molar-refractivity contribution in [3.8, 4) is 0 Å². The first-order valence-corrected chi connectivity index (χ1v) is 5.50. The van der Waals surface area contributed by atoms with Crippen LogP contribution in [0.1, 0.15) is 38.0 Å². The Hall–Kier alpha value is -1.15. The summed E-state index contributed by atoms with van der Waals surface area (Å²) >= 11 is 0. The van der Waals surface area contributed by atoms with Crippen LogP contribution in [-0.4, -0.2) is 22.9 Å². The van der Waals surface area contributed by atoms with E-state index in [1.807, 2.05) is 13.8 Å². The van der Waals surface area contributed by atoms with Crippen LogP contribution < -0.4 is 5.73 Å². The molecule has 5 nitrogen and oxygen atoms in total. The minimum Gasteiger partial charge on any atom is -0.364 e. The van der Waals surface area contributed by atoms with E-state index in [-0.39, 0.29) is 18.3 Å². The average Bonchev–Trinajstić information content (AvgIpc) is 2.63. The fourth-order valence-corrected chi connectivity index (χ4v) is 1.34. The van der Waals surface area contributed by atoms with Gasteiger partial charge in [0.25, 0.3) is 0 Å². The third-order valence-corrected chi connectivity index (χ3v) is 2.02. The smallest absolute Gasteiger partial charge is 0.364 e. The predicted molar refractivity (Wildman–Crippen MR) is 56.4 cm³/mol. The van der Waals surface area contributed by atoms with Gasteiger partial charge in [-0.3, -0.25) is 0 Å². The average molecular weight is 267 g/mol. The minimum absolute atomic E-state index is 0.0634. The number of hydrogen-bond donors (Lipinski definition) is 1. The molecule has 0 aromatic carbocycles. The minimum atomic E-state index is -4.36. The second-order valence-electron chi connectivity index (χ2n) is 4.39. The fourth-order valence-electron chi connectivity index (χ4n) is 1.34. The Morgan fingerprint density at radius 1 is 1.39 bits per heavy atom. The van der Waals surface area contributed by atoms with Gasteiger partial charge < -0.3 is 15.0 Å². The summed E-state index contributed by atoms with van der Waals surface area (Å²) in [7, 11) is 0. The molecule has 8 heteroatoms. The highest BCUT2D eigenvalue weighted by molar-refractivity contribution is 4.91. The van der Waals surface area contributed by atoms with Gasteiger partial charge in [-0.25, -0.2) is 0 Å². The van der Waals surface area contributed by atoms with E-state index in [1.54, 1.807) is 0 Å². The molecule has 0 radical (unpaired) electrons. The van der Waals surface area contributed by atoms with Gasteiger partial charge in [0, 0.05) is 0 Å². The van der Waals surface area contributed by atoms with Crippen molar-refractivity contribution in [2.75, 3.05) is 6.61 Å². The predicted octanol–water partition coefficient (Wildman–Crippen LogP) is 2.19. The molecule has 0 aliphatic heterocycles. The topological polar surface area (TPSA) is 74.2 Å². The molecule has 2 N–H and O–H groups in total. The van der Waals surface area contributed by atoms with Crippen molar-refractivity contribution in [3.63, 3.8) is 0 Å². The number of hydrogen-bond acceptors (Lipinski definition) is 5. The second kappa shape index (κ2) is 6.14. The van der Waals surface area contributed by atoms with E-state index < -0.39 is 18.8 Å². The lowest BCUT2D eigenvalue weighted by molar-refractivity contribution is -0.177. The number of alkyl halides is 3. The van der Waals surface area contributed by atoms with Gasteiger partial charge >= 0.3 is 6.18 Å². The number of aromatic nitrogens is 2. The first kappa shape index (κ1) is 14.9. The van der Waals surface area contributed by atoms with E-state index in [0.29, 0.717) is 12.3 Å². The summed E-state index contributed by atoms with van der Waals surface area (Å²) in [5, 5.41) is 3.51. The van der Waals surface area contributed by atoms with E-state index in [1.165, 1.54) is 0 Å². The first-order chi connectivity index (χ1) is 8.28. The molecule has 0 unspecified atom stereocenters. The Bertz CT molecular complexity index is 365. The zero-order chi connectivity index (χ0) is 13.8. The van der Waals surface area contributed by atoms with E-state index in [4.69, 9.17) is 10.3 Å². The van der Waals surface area contributed by atoms with Crippen LogP contribution in [0, 0.1) is 5.92 Å². The van der Waals surface area contributed by atoms with Gasteiger partial charge in [0.05, 0.1) is 6.04 Å². The molecule has 1 aromatic heterocycles. The van der Waals surface area contributed by atoms with Crippen LogP contribution in [0.3, 0.4) is 0 Å². The summed E-state index contributed by atoms with van der Waals surface area (Å²) in [4.78, 5) is 3.89. The Balaban J connectivity index is 2.43. The molecular weight excluding hydrogens is 251 g/mol. The Labute approximate surface area is 102 Å². The number of nitrogens with zero attached hydrogens (tertiary/aromatic N) is 2. The lowest BCUT2D eigenvalue weighted by atomic mass is 10.0. The molecule has 1 heterocycles. The van der Waals surface area contributed by atoms with Crippen molar-refractivity contribution in [1.82, 2.24) is 10.1 Å². The summed E-state index contributed by atoms with van der Waals surface area (Å²) < 4.78 is 44.7. The summed E-state index contributed by atoms with van der Waals surface area (Å²) in [5.74, 6) is 0.639. The maximum atomic E-state index is 11.8. The van der Waals surface area contributed by atoms with Gasteiger partial charge in [-0.1, -0.05) is 19.0 Å². The zero-order valence-corrected chi connectivity index (χ0v) is 10.2. The summed E-state index contributed by atoms with van der Waals surface area (Å²) in [6.45, 7) is 2.29. The maximum Gasteiger partial charge on any atom is 0.411 e. The highest BCUT2D eigenvalue weighted by atomic mass is 19.4. The second-order valence-corrected chi connectivity index (χ2v) is 4.39. The molecule has 1 aromatic rings. The van der Waals surface area contributed by atoms with Crippen LogP contribution in [0.2, 0.25) is 0 Å². The van der Waals surface area contributed by atoms with Gasteiger partial charge in [0.1, 0.15) is 13.2 Å². The molecule has 0 fully saturated rings. The molecule has 1 rings (SSSR count). The van der Waals surface area contributed by atoms with Crippen molar-refractivity contribution in [2.45, 2.75) is 39.1 Å². The molecule has 0 aliphatic carbocycles. The molecule has 0 aliphatic rings. The maximum absolute atomic E-state index is 11.8. The Morgan fingerprint density at radius 2 is 2.06 bits per heavy atom.